The van der Waals surface area contributed by atoms with Crippen LogP contribution in [0.15, 0.2) is 18.2 Å². The van der Waals surface area contributed by atoms with Crippen molar-refractivity contribution in [1.29, 1.82) is 0 Å². The minimum absolute atomic E-state index is 0.160. The Morgan fingerprint density at radius 3 is 2.54 bits per heavy atom. The van der Waals surface area contributed by atoms with Crippen molar-refractivity contribution in [3.05, 3.63) is 33.8 Å². The third-order valence-electron chi connectivity index (χ3n) is 4.09. The number of aliphatic carboxylic acids is 1. The predicted molar refractivity (Wildman–Crippen MR) is 101 cm³/mol. The van der Waals surface area contributed by atoms with Gasteiger partial charge in [-0.25, -0.2) is 4.79 Å². The fourth-order valence-electron chi connectivity index (χ4n) is 2.92. The Bertz CT molecular complexity index is 634. The summed E-state index contributed by atoms with van der Waals surface area (Å²) < 4.78 is 5.54. The molecule has 0 aliphatic carbocycles. The standard InChI is InChI=1S/C18H24Cl2N2O4/c1-11(2)5-15(18(24)25)21-17(23)16-10-22(3-4-26-16)9-12-6-13(19)8-14(20)7-12/h6-8,11,15-16H,3-5,9-10H2,1-2H3,(H,21,23)(H,24,25)/t15-,16?/m0/s1. The molecule has 1 amide bonds. The number of carboxylic acid groups (broad SMARTS) is 1. The molecule has 1 aromatic carbocycles. The molecular weight excluding hydrogens is 379 g/mol. The van der Waals surface area contributed by atoms with Gasteiger partial charge in [-0.3, -0.25) is 9.69 Å². The van der Waals surface area contributed by atoms with E-state index in [0.29, 0.717) is 42.7 Å². The summed E-state index contributed by atoms with van der Waals surface area (Å²) in [5.74, 6) is -1.27. The summed E-state index contributed by atoms with van der Waals surface area (Å²) in [4.78, 5) is 25.8. The van der Waals surface area contributed by atoms with Crippen LogP contribution in [-0.4, -0.2) is 53.7 Å². The maximum absolute atomic E-state index is 12.4. The molecule has 1 heterocycles. The summed E-state index contributed by atoms with van der Waals surface area (Å²) in [6.45, 7) is 5.86. The van der Waals surface area contributed by atoms with Gasteiger partial charge in [0.25, 0.3) is 5.91 Å². The van der Waals surface area contributed by atoms with Gasteiger partial charge < -0.3 is 15.2 Å². The highest BCUT2D eigenvalue weighted by atomic mass is 35.5. The molecule has 0 radical (unpaired) electrons. The number of carbonyl (C=O) groups is 2. The number of benzene rings is 1. The normalized spacial score (nSPS) is 19.3. The first-order valence-corrected chi connectivity index (χ1v) is 9.32. The molecule has 1 aliphatic heterocycles. The van der Waals surface area contributed by atoms with Crippen LogP contribution in [0.4, 0.5) is 0 Å². The summed E-state index contributed by atoms with van der Waals surface area (Å²) in [5.41, 5.74) is 0.951. The number of nitrogens with zero attached hydrogens (tertiary/aromatic N) is 1. The van der Waals surface area contributed by atoms with Crippen LogP contribution in [0, 0.1) is 5.92 Å². The van der Waals surface area contributed by atoms with E-state index < -0.39 is 24.0 Å². The number of morpholine rings is 1. The Kier molecular flexibility index (Phi) is 7.70. The second kappa shape index (κ2) is 9.55. The van der Waals surface area contributed by atoms with E-state index in [2.05, 4.69) is 10.2 Å². The van der Waals surface area contributed by atoms with Gasteiger partial charge in [-0.05, 0) is 36.1 Å². The van der Waals surface area contributed by atoms with Crippen molar-refractivity contribution in [2.45, 2.75) is 39.0 Å². The molecule has 6 nitrogen and oxygen atoms in total. The zero-order valence-corrected chi connectivity index (χ0v) is 16.4. The Morgan fingerprint density at radius 2 is 1.96 bits per heavy atom. The molecule has 2 N–H and O–H groups in total. The first kappa shape index (κ1) is 21.0. The van der Waals surface area contributed by atoms with Gasteiger partial charge in [0.05, 0.1) is 6.61 Å². The number of ether oxygens (including phenoxy) is 1. The van der Waals surface area contributed by atoms with Gasteiger partial charge in [-0.15, -0.1) is 0 Å². The van der Waals surface area contributed by atoms with E-state index in [1.807, 2.05) is 26.0 Å². The van der Waals surface area contributed by atoms with E-state index in [1.54, 1.807) is 6.07 Å². The van der Waals surface area contributed by atoms with E-state index in [0.717, 1.165) is 5.56 Å². The average molecular weight is 403 g/mol. The number of carbonyl (C=O) groups excluding carboxylic acids is 1. The Balaban J connectivity index is 1.96. The molecule has 0 saturated carbocycles. The van der Waals surface area contributed by atoms with Crippen LogP contribution in [0.3, 0.4) is 0 Å². The quantitative estimate of drug-likeness (QED) is 0.732. The summed E-state index contributed by atoms with van der Waals surface area (Å²) in [6.07, 6.45) is -0.328. The van der Waals surface area contributed by atoms with E-state index >= 15 is 0 Å². The van der Waals surface area contributed by atoms with Crippen LogP contribution in [0.1, 0.15) is 25.8 Å². The smallest absolute Gasteiger partial charge is 0.326 e. The summed E-state index contributed by atoms with van der Waals surface area (Å²) >= 11 is 12.1. The molecule has 1 aliphatic rings. The van der Waals surface area contributed by atoms with Crippen molar-refractivity contribution in [2.75, 3.05) is 19.7 Å². The zero-order valence-electron chi connectivity index (χ0n) is 14.9. The maximum Gasteiger partial charge on any atom is 0.326 e. The molecule has 0 spiro atoms. The van der Waals surface area contributed by atoms with Crippen molar-refractivity contribution in [3.63, 3.8) is 0 Å². The number of halogens is 2. The molecule has 1 fully saturated rings. The minimum atomic E-state index is -1.03. The lowest BCUT2D eigenvalue weighted by atomic mass is 10.0. The second-order valence-electron chi connectivity index (χ2n) is 6.90. The molecule has 1 aromatic rings. The molecule has 2 rings (SSSR count). The monoisotopic (exact) mass is 402 g/mol. The molecular formula is C18H24Cl2N2O4. The molecule has 0 bridgehead atoms. The van der Waals surface area contributed by atoms with Crippen molar-refractivity contribution < 1.29 is 19.4 Å². The fraction of sp³-hybridized carbons (Fsp3) is 0.556. The SMILES string of the molecule is CC(C)C[C@H](NC(=O)C1CN(Cc2cc(Cl)cc(Cl)c2)CCO1)C(=O)O. The summed E-state index contributed by atoms with van der Waals surface area (Å²) in [7, 11) is 0. The van der Waals surface area contributed by atoms with Gasteiger partial charge in [0.1, 0.15) is 12.1 Å². The number of hydrogen-bond acceptors (Lipinski definition) is 4. The highest BCUT2D eigenvalue weighted by molar-refractivity contribution is 6.34. The van der Waals surface area contributed by atoms with Gasteiger partial charge in [0, 0.05) is 29.7 Å². The Hall–Kier alpha value is -1.34. The molecule has 8 heteroatoms. The molecule has 26 heavy (non-hydrogen) atoms. The molecule has 2 atom stereocenters. The van der Waals surface area contributed by atoms with Crippen LogP contribution < -0.4 is 5.32 Å². The number of carboxylic acids is 1. The van der Waals surface area contributed by atoms with Gasteiger partial charge in [0.2, 0.25) is 0 Å². The zero-order chi connectivity index (χ0) is 19.3. The van der Waals surface area contributed by atoms with Crippen LogP contribution in [0.25, 0.3) is 0 Å². The second-order valence-corrected chi connectivity index (χ2v) is 7.77. The lowest BCUT2D eigenvalue weighted by Crippen LogP contribution is -2.53. The van der Waals surface area contributed by atoms with Gasteiger partial charge in [0.15, 0.2) is 0 Å². The van der Waals surface area contributed by atoms with Crippen LogP contribution >= 0.6 is 23.2 Å². The summed E-state index contributed by atoms with van der Waals surface area (Å²) in [6, 6.07) is 4.43. The molecule has 1 unspecified atom stereocenters. The van der Waals surface area contributed by atoms with Crippen molar-refractivity contribution in [3.8, 4) is 0 Å². The molecule has 0 aromatic heterocycles. The van der Waals surface area contributed by atoms with Crippen LogP contribution in [0.5, 0.6) is 0 Å². The number of hydrogen-bond donors (Lipinski definition) is 2. The topological polar surface area (TPSA) is 78.9 Å². The first-order chi connectivity index (χ1) is 12.2. The van der Waals surface area contributed by atoms with Gasteiger partial charge in [-0.2, -0.15) is 0 Å². The summed E-state index contributed by atoms with van der Waals surface area (Å²) in [5, 5.41) is 13.0. The van der Waals surface area contributed by atoms with Gasteiger partial charge >= 0.3 is 5.97 Å². The highest BCUT2D eigenvalue weighted by Crippen LogP contribution is 2.21. The predicted octanol–water partition coefficient (Wildman–Crippen LogP) is 2.81. The minimum Gasteiger partial charge on any atom is -0.480 e. The van der Waals surface area contributed by atoms with E-state index in [1.165, 1.54) is 0 Å². The fourth-order valence-corrected chi connectivity index (χ4v) is 3.49. The van der Waals surface area contributed by atoms with Crippen molar-refractivity contribution in [2.24, 2.45) is 5.92 Å². The highest BCUT2D eigenvalue weighted by Gasteiger charge is 2.30. The average Bonchev–Trinajstić information content (AvgIpc) is 2.52. The Morgan fingerprint density at radius 1 is 1.31 bits per heavy atom. The van der Waals surface area contributed by atoms with E-state index in [-0.39, 0.29) is 5.92 Å². The van der Waals surface area contributed by atoms with Crippen molar-refractivity contribution in [1.82, 2.24) is 10.2 Å². The molecule has 144 valence electrons. The van der Waals surface area contributed by atoms with Gasteiger partial charge in [-0.1, -0.05) is 37.0 Å². The van der Waals surface area contributed by atoms with E-state index in [9.17, 15) is 14.7 Å². The van der Waals surface area contributed by atoms with Crippen LogP contribution in [-0.2, 0) is 20.9 Å². The van der Waals surface area contributed by atoms with Crippen molar-refractivity contribution >= 4 is 35.1 Å². The van der Waals surface area contributed by atoms with Crippen LogP contribution in [0.2, 0.25) is 10.0 Å². The third kappa shape index (κ3) is 6.43. The van der Waals surface area contributed by atoms with E-state index in [4.69, 9.17) is 27.9 Å². The first-order valence-electron chi connectivity index (χ1n) is 8.56. The maximum atomic E-state index is 12.4. The number of rotatable bonds is 7. The lowest BCUT2D eigenvalue weighted by Gasteiger charge is -2.32. The largest absolute Gasteiger partial charge is 0.480 e. The number of amides is 1. The lowest BCUT2D eigenvalue weighted by molar-refractivity contribution is -0.147. The number of nitrogens with one attached hydrogen (secondary N) is 1. The Labute approximate surface area is 163 Å². The molecule has 1 saturated heterocycles. The third-order valence-corrected chi connectivity index (χ3v) is 4.53.